The summed E-state index contributed by atoms with van der Waals surface area (Å²) in [6.07, 6.45) is 1.42. The quantitative estimate of drug-likeness (QED) is 0.649. The number of hydrogen-bond donors (Lipinski definition) is 0. The maximum Gasteiger partial charge on any atom is 0.264 e. The molecule has 142 valence electrons. The molecule has 0 bridgehead atoms. The maximum atomic E-state index is 13.0. The van der Waals surface area contributed by atoms with E-state index in [4.69, 9.17) is 10.00 Å². The molecule has 0 radical (unpaired) electrons. The van der Waals surface area contributed by atoms with Crippen molar-refractivity contribution in [3.05, 3.63) is 77.5 Å². The molecule has 1 heterocycles. The van der Waals surface area contributed by atoms with Crippen molar-refractivity contribution in [1.29, 1.82) is 5.26 Å². The molecule has 0 atom stereocenters. The van der Waals surface area contributed by atoms with Crippen molar-refractivity contribution in [1.82, 2.24) is 4.98 Å². The number of pyridine rings is 1. The zero-order valence-corrected chi connectivity index (χ0v) is 16.6. The first-order valence-electron chi connectivity index (χ1n) is 8.51. The Labute approximate surface area is 164 Å². The largest absolute Gasteiger partial charge is 0.439 e. The van der Waals surface area contributed by atoms with Crippen LogP contribution in [0.4, 0.5) is 5.69 Å². The van der Waals surface area contributed by atoms with Gasteiger partial charge >= 0.3 is 0 Å². The summed E-state index contributed by atoms with van der Waals surface area (Å²) in [5.41, 5.74) is 2.54. The highest BCUT2D eigenvalue weighted by molar-refractivity contribution is 7.92. The van der Waals surface area contributed by atoms with E-state index < -0.39 is 10.0 Å². The molecule has 1 aromatic heterocycles. The lowest BCUT2D eigenvalue weighted by Crippen LogP contribution is -2.27. The van der Waals surface area contributed by atoms with Crippen molar-refractivity contribution in [2.45, 2.75) is 18.7 Å². The fourth-order valence-electron chi connectivity index (χ4n) is 2.62. The molecule has 0 N–H and O–H groups in total. The van der Waals surface area contributed by atoms with E-state index >= 15 is 0 Å². The monoisotopic (exact) mass is 393 g/mol. The first-order chi connectivity index (χ1) is 13.3. The van der Waals surface area contributed by atoms with Gasteiger partial charge < -0.3 is 4.74 Å². The Morgan fingerprint density at radius 3 is 2.36 bits per heavy atom. The Balaban J connectivity index is 1.82. The molecule has 28 heavy (non-hydrogen) atoms. The summed E-state index contributed by atoms with van der Waals surface area (Å²) in [7, 11) is -2.15. The summed E-state index contributed by atoms with van der Waals surface area (Å²) in [5, 5.41) is 8.80. The summed E-state index contributed by atoms with van der Waals surface area (Å²) in [6.45, 7) is 3.64. The van der Waals surface area contributed by atoms with Crippen molar-refractivity contribution in [2.24, 2.45) is 0 Å². The number of ether oxygens (including phenoxy) is 1. The SMILES string of the molecule is Cc1ccc(C)c(S(=O)(=O)N(C)c2ccc(Oc3ccc(C#N)cn3)cc2)c1. The number of hydrogen-bond acceptors (Lipinski definition) is 5. The highest BCUT2D eigenvalue weighted by Gasteiger charge is 2.23. The van der Waals surface area contributed by atoms with Gasteiger partial charge in [0.2, 0.25) is 5.88 Å². The normalized spacial score (nSPS) is 10.9. The van der Waals surface area contributed by atoms with Crippen LogP contribution in [0.3, 0.4) is 0 Å². The number of sulfonamides is 1. The van der Waals surface area contributed by atoms with Crippen molar-refractivity contribution in [3.8, 4) is 17.7 Å². The summed E-state index contributed by atoms with van der Waals surface area (Å²) < 4.78 is 32.9. The molecule has 6 nitrogen and oxygen atoms in total. The lowest BCUT2D eigenvalue weighted by atomic mass is 10.2. The van der Waals surface area contributed by atoms with Crippen LogP contribution in [0.5, 0.6) is 11.6 Å². The molecule has 0 aliphatic heterocycles. The summed E-state index contributed by atoms with van der Waals surface area (Å²) in [5.74, 6) is 0.863. The summed E-state index contributed by atoms with van der Waals surface area (Å²) in [6, 6.07) is 17.2. The van der Waals surface area contributed by atoms with Crippen LogP contribution in [0.1, 0.15) is 16.7 Å². The number of anilines is 1. The molecule has 0 saturated heterocycles. The number of aryl methyl sites for hydroxylation is 2. The molecular formula is C21H19N3O3S. The van der Waals surface area contributed by atoms with Gasteiger partial charge in [-0.1, -0.05) is 12.1 Å². The lowest BCUT2D eigenvalue weighted by molar-refractivity contribution is 0.463. The van der Waals surface area contributed by atoms with E-state index in [-0.39, 0.29) is 4.90 Å². The summed E-state index contributed by atoms with van der Waals surface area (Å²) >= 11 is 0. The number of benzene rings is 2. The Morgan fingerprint density at radius 1 is 1.04 bits per heavy atom. The lowest BCUT2D eigenvalue weighted by Gasteiger charge is -2.21. The van der Waals surface area contributed by atoms with Crippen LogP contribution in [0, 0.1) is 25.2 Å². The standard InChI is InChI=1S/C21H19N3O3S/c1-15-4-5-16(2)20(12-15)28(25,26)24(3)18-7-9-19(10-8-18)27-21-11-6-17(13-22)14-23-21/h4-12,14H,1-3H3. The van der Waals surface area contributed by atoms with Gasteiger partial charge in [-0.2, -0.15) is 5.26 Å². The topological polar surface area (TPSA) is 83.3 Å². The Hall–Kier alpha value is -3.37. The van der Waals surface area contributed by atoms with Gasteiger partial charge in [-0.25, -0.2) is 13.4 Å². The van der Waals surface area contributed by atoms with Crippen LogP contribution < -0.4 is 9.04 Å². The van der Waals surface area contributed by atoms with Gasteiger partial charge in [-0.3, -0.25) is 4.31 Å². The maximum absolute atomic E-state index is 13.0. The van der Waals surface area contributed by atoms with Crippen molar-refractivity contribution in [2.75, 3.05) is 11.4 Å². The Bertz CT molecular complexity index is 1130. The van der Waals surface area contributed by atoms with Gasteiger partial charge in [0.25, 0.3) is 10.0 Å². The van der Waals surface area contributed by atoms with E-state index in [1.54, 1.807) is 55.5 Å². The van der Waals surface area contributed by atoms with Gasteiger partial charge in [0, 0.05) is 19.3 Å². The third-order valence-corrected chi connectivity index (χ3v) is 6.20. The van der Waals surface area contributed by atoms with Gasteiger partial charge in [-0.15, -0.1) is 0 Å². The highest BCUT2D eigenvalue weighted by atomic mass is 32.2. The van der Waals surface area contributed by atoms with Crippen LogP contribution in [-0.2, 0) is 10.0 Å². The van der Waals surface area contributed by atoms with Crippen LogP contribution in [0.2, 0.25) is 0 Å². The third kappa shape index (κ3) is 3.97. The van der Waals surface area contributed by atoms with Gasteiger partial charge in [0.1, 0.15) is 11.8 Å². The van der Waals surface area contributed by atoms with Gasteiger partial charge in [0.15, 0.2) is 0 Å². The Morgan fingerprint density at radius 2 is 1.75 bits per heavy atom. The summed E-state index contributed by atoms with van der Waals surface area (Å²) in [4.78, 5) is 4.34. The fraction of sp³-hybridized carbons (Fsp3) is 0.143. The van der Waals surface area contributed by atoms with E-state index in [0.717, 1.165) is 5.56 Å². The predicted octanol–water partition coefficient (Wildman–Crippen LogP) is 4.19. The molecule has 0 spiro atoms. The van der Waals surface area contributed by atoms with E-state index in [2.05, 4.69) is 4.98 Å². The average Bonchev–Trinajstić information content (AvgIpc) is 2.70. The molecule has 0 unspecified atom stereocenters. The minimum Gasteiger partial charge on any atom is -0.439 e. The van der Waals surface area contributed by atoms with E-state index in [9.17, 15) is 8.42 Å². The number of nitrogens with zero attached hydrogens (tertiary/aromatic N) is 3. The molecule has 0 amide bonds. The van der Waals surface area contributed by atoms with Crippen LogP contribution in [-0.4, -0.2) is 20.4 Å². The molecule has 3 rings (SSSR count). The first-order valence-corrected chi connectivity index (χ1v) is 9.95. The van der Waals surface area contributed by atoms with Crippen LogP contribution in [0.15, 0.2) is 65.7 Å². The molecule has 0 saturated carbocycles. The molecule has 0 fully saturated rings. The minimum absolute atomic E-state index is 0.289. The predicted molar refractivity (Wildman–Crippen MR) is 107 cm³/mol. The number of nitriles is 1. The average molecular weight is 393 g/mol. The fourth-order valence-corrected chi connectivity index (χ4v) is 4.13. The Kier molecular flexibility index (Phi) is 5.34. The second-order valence-corrected chi connectivity index (χ2v) is 8.27. The molecule has 0 aliphatic rings. The second-order valence-electron chi connectivity index (χ2n) is 6.33. The minimum atomic E-state index is -3.68. The van der Waals surface area contributed by atoms with Crippen LogP contribution in [0.25, 0.3) is 0 Å². The molecular weight excluding hydrogens is 374 g/mol. The van der Waals surface area contributed by atoms with E-state index in [1.807, 2.05) is 19.1 Å². The molecule has 0 aliphatic carbocycles. The van der Waals surface area contributed by atoms with Gasteiger partial charge in [-0.05, 0) is 61.4 Å². The molecule has 7 heteroatoms. The smallest absolute Gasteiger partial charge is 0.264 e. The van der Waals surface area contributed by atoms with Gasteiger partial charge in [0.05, 0.1) is 16.1 Å². The molecule has 3 aromatic rings. The van der Waals surface area contributed by atoms with E-state index in [0.29, 0.717) is 28.4 Å². The van der Waals surface area contributed by atoms with Crippen LogP contribution >= 0.6 is 0 Å². The van der Waals surface area contributed by atoms with Crippen molar-refractivity contribution >= 4 is 15.7 Å². The van der Waals surface area contributed by atoms with E-state index in [1.165, 1.54) is 17.5 Å². The zero-order valence-electron chi connectivity index (χ0n) is 15.7. The molecule has 2 aromatic carbocycles. The van der Waals surface area contributed by atoms with Crippen molar-refractivity contribution in [3.63, 3.8) is 0 Å². The first kappa shape index (κ1) is 19.4. The van der Waals surface area contributed by atoms with Crippen molar-refractivity contribution < 1.29 is 13.2 Å². The highest BCUT2D eigenvalue weighted by Crippen LogP contribution is 2.28. The second kappa shape index (κ2) is 7.71. The number of rotatable bonds is 5. The number of aromatic nitrogens is 1. The zero-order chi connectivity index (χ0) is 20.3. The third-order valence-electron chi connectivity index (χ3n) is 4.27.